The first-order chi connectivity index (χ1) is 13.6. The molecule has 160 valence electrons. The maximum absolute atomic E-state index is 12.5. The number of ether oxygens (including phenoxy) is 3. The molecule has 0 bridgehead atoms. The number of esters is 2. The third kappa shape index (κ3) is 2.88. The summed E-state index contributed by atoms with van der Waals surface area (Å²) in [6.45, 7) is 6.81. The van der Waals surface area contributed by atoms with Crippen LogP contribution >= 0.6 is 11.6 Å². The van der Waals surface area contributed by atoms with Gasteiger partial charge in [-0.15, -0.1) is 11.6 Å². The van der Waals surface area contributed by atoms with Crippen LogP contribution in [0.5, 0.6) is 0 Å². The van der Waals surface area contributed by atoms with Crippen LogP contribution in [0.25, 0.3) is 0 Å². The number of fused-ring (bicyclic) bond motifs is 5. The smallest absolute Gasteiger partial charge is 0.334 e. The molecule has 3 N–H and O–H groups in total. The van der Waals surface area contributed by atoms with Gasteiger partial charge in [-0.1, -0.05) is 6.58 Å². The molecule has 2 saturated carbocycles. The highest BCUT2D eigenvalue weighted by atomic mass is 35.5. The minimum absolute atomic E-state index is 0.0908. The van der Waals surface area contributed by atoms with Gasteiger partial charge in [0.25, 0.3) is 0 Å². The standard InChI is InChI=1S/C20H25ClO8/c1-8(4-5-22)17(24)27-10-6-20(26,7-21)12-13(19(3)16(29-19)14(12)23)15-11(10)9(2)18(25)28-15/h4,10-16,22-23,26H,2,5-7H2,1,3H3/b8-4+/t10-,11-,12?,13?,14+,15+,16-,19+,20+/m1/s1. The Labute approximate surface area is 173 Å². The van der Waals surface area contributed by atoms with E-state index in [0.29, 0.717) is 0 Å². The molecule has 0 aromatic carbocycles. The SMILES string of the molecule is C=C1C(=O)O[C@@H]2C3C([C@H](O)[C@H]4O[C@@]34C)[C@@](O)(CCl)C[C@@H](OC(=O)/C(C)=C/CO)[C@@H]12. The van der Waals surface area contributed by atoms with Crippen molar-refractivity contribution in [2.24, 2.45) is 17.8 Å². The number of halogens is 1. The van der Waals surface area contributed by atoms with E-state index in [1.165, 1.54) is 13.0 Å². The van der Waals surface area contributed by atoms with Crippen LogP contribution in [0, 0.1) is 17.8 Å². The van der Waals surface area contributed by atoms with E-state index in [2.05, 4.69) is 6.58 Å². The molecule has 2 aliphatic carbocycles. The van der Waals surface area contributed by atoms with Crippen LogP contribution < -0.4 is 0 Å². The van der Waals surface area contributed by atoms with Crippen LogP contribution in [0.15, 0.2) is 23.8 Å². The zero-order valence-electron chi connectivity index (χ0n) is 16.2. The predicted molar refractivity (Wildman–Crippen MR) is 99.8 cm³/mol. The highest BCUT2D eigenvalue weighted by Gasteiger charge is 2.78. The number of hydrogen-bond donors (Lipinski definition) is 3. The first kappa shape index (κ1) is 20.8. The lowest BCUT2D eigenvalue weighted by molar-refractivity contribution is -0.152. The van der Waals surface area contributed by atoms with Gasteiger partial charge in [0, 0.05) is 29.4 Å². The Morgan fingerprint density at radius 2 is 2.14 bits per heavy atom. The van der Waals surface area contributed by atoms with Crippen molar-refractivity contribution in [2.45, 2.75) is 55.9 Å². The van der Waals surface area contributed by atoms with Crippen LogP contribution in [0.3, 0.4) is 0 Å². The fourth-order valence-electron chi connectivity index (χ4n) is 5.52. The Balaban J connectivity index is 1.76. The van der Waals surface area contributed by atoms with Crippen LogP contribution in [0.2, 0.25) is 0 Å². The number of rotatable bonds is 4. The van der Waals surface area contributed by atoms with Crippen molar-refractivity contribution in [3.8, 4) is 0 Å². The molecule has 0 aromatic rings. The quantitative estimate of drug-likeness (QED) is 0.248. The average Bonchev–Trinajstić information content (AvgIpc) is 3.22. The molecular weight excluding hydrogens is 404 g/mol. The van der Waals surface area contributed by atoms with Gasteiger partial charge in [-0.05, 0) is 19.9 Å². The Bertz CT molecular complexity index is 795. The predicted octanol–water partition coefficient (Wildman–Crippen LogP) is 0.0726. The first-order valence-electron chi connectivity index (χ1n) is 9.61. The molecule has 9 heteroatoms. The highest BCUT2D eigenvalue weighted by molar-refractivity contribution is 6.18. The lowest BCUT2D eigenvalue weighted by Gasteiger charge is -2.39. The number of epoxide rings is 1. The zero-order valence-corrected chi connectivity index (χ0v) is 17.0. The lowest BCUT2D eigenvalue weighted by atomic mass is 9.74. The molecule has 9 atom stereocenters. The summed E-state index contributed by atoms with van der Waals surface area (Å²) in [5.74, 6) is -3.44. The van der Waals surface area contributed by atoms with Gasteiger partial charge >= 0.3 is 11.9 Å². The monoisotopic (exact) mass is 428 g/mol. The fourth-order valence-corrected chi connectivity index (χ4v) is 5.80. The molecule has 4 fully saturated rings. The van der Waals surface area contributed by atoms with Crippen LogP contribution in [-0.2, 0) is 23.8 Å². The summed E-state index contributed by atoms with van der Waals surface area (Å²) >= 11 is 6.15. The van der Waals surface area contributed by atoms with Crippen molar-refractivity contribution >= 4 is 23.5 Å². The van der Waals surface area contributed by atoms with Crippen LogP contribution in [-0.4, -0.2) is 75.4 Å². The highest BCUT2D eigenvalue weighted by Crippen LogP contribution is 2.64. The van der Waals surface area contributed by atoms with Gasteiger partial charge in [-0.2, -0.15) is 0 Å². The van der Waals surface area contributed by atoms with Gasteiger partial charge in [0.2, 0.25) is 0 Å². The van der Waals surface area contributed by atoms with Gasteiger partial charge < -0.3 is 29.5 Å². The molecule has 0 spiro atoms. The first-order valence-corrected chi connectivity index (χ1v) is 10.1. The summed E-state index contributed by atoms with van der Waals surface area (Å²) in [6.07, 6.45) is -1.98. The second kappa shape index (κ2) is 6.78. The van der Waals surface area contributed by atoms with E-state index in [1.54, 1.807) is 0 Å². The average molecular weight is 429 g/mol. The summed E-state index contributed by atoms with van der Waals surface area (Å²) in [5.41, 5.74) is -2.00. The summed E-state index contributed by atoms with van der Waals surface area (Å²) in [7, 11) is 0. The van der Waals surface area contributed by atoms with Crippen molar-refractivity contribution < 1.29 is 39.1 Å². The number of carbonyl (C=O) groups excluding carboxylic acids is 2. The summed E-state index contributed by atoms with van der Waals surface area (Å²) in [6, 6.07) is 0. The van der Waals surface area contributed by atoms with Gasteiger partial charge in [0.15, 0.2) is 0 Å². The van der Waals surface area contributed by atoms with Gasteiger partial charge in [0.1, 0.15) is 23.9 Å². The molecule has 0 amide bonds. The zero-order chi connectivity index (χ0) is 21.3. The van der Waals surface area contributed by atoms with E-state index in [-0.39, 0.29) is 30.1 Å². The lowest BCUT2D eigenvalue weighted by Crippen LogP contribution is -2.51. The summed E-state index contributed by atoms with van der Waals surface area (Å²) in [4.78, 5) is 24.8. The molecule has 2 aliphatic heterocycles. The molecule has 2 saturated heterocycles. The molecule has 29 heavy (non-hydrogen) atoms. The third-order valence-electron chi connectivity index (χ3n) is 7.02. The Morgan fingerprint density at radius 3 is 2.76 bits per heavy atom. The van der Waals surface area contributed by atoms with E-state index in [4.69, 9.17) is 30.9 Å². The largest absolute Gasteiger partial charge is 0.458 e. The Kier molecular flexibility index (Phi) is 4.87. The van der Waals surface area contributed by atoms with Gasteiger partial charge in [-0.3, -0.25) is 0 Å². The van der Waals surface area contributed by atoms with Crippen LogP contribution in [0.1, 0.15) is 20.3 Å². The minimum Gasteiger partial charge on any atom is -0.458 e. The second-order valence-electron chi connectivity index (χ2n) is 8.64. The minimum atomic E-state index is -1.57. The van der Waals surface area contributed by atoms with Crippen molar-refractivity contribution in [1.82, 2.24) is 0 Å². The maximum atomic E-state index is 12.5. The fraction of sp³-hybridized carbons (Fsp3) is 0.700. The second-order valence-corrected chi connectivity index (χ2v) is 8.91. The van der Waals surface area contributed by atoms with E-state index in [1.807, 2.05) is 6.92 Å². The number of hydrogen-bond acceptors (Lipinski definition) is 8. The topological polar surface area (TPSA) is 126 Å². The molecule has 0 radical (unpaired) electrons. The van der Waals surface area contributed by atoms with Crippen molar-refractivity contribution in [1.29, 1.82) is 0 Å². The molecule has 4 rings (SSSR count). The Morgan fingerprint density at radius 1 is 1.45 bits per heavy atom. The van der Waals surface area contributed by atoms with E-state index < -0.39 is 65.3 Å². The summed E-state index contributed by atoms with van der Waals surface area (Å²) in [5, 5.41) is 31.3. The Hall–Kier alpha value is -1.45. The van der Waals surface area contributed by atoms with Crippen molar-refractivity contribution in [2.75, 3.05) is 12.5 Å². The molecule has 0 aromatic heterocycles. The molecular formula is C20H25ClO8. The molecule has 8 nitrogen and oxygen atoms in total. The van der Waals surface area contributed by atoms with Crippen molar-refractivity contribution in [3.05, 3.63) is 23.8 Å². The van der Waals surface area contributed by atoms with Crippen molar-refractivity contribution in [3.63, 3.8) is 0 Å². The van der Waals surface area contributed by atoms with Crippen LogP contribution in [0.4, 0.5) is 0 Å². The normalized spacial score (nSPS) is 48.3. The number of alkyl halides is 1. The van der Waals surface area contributed by atoms with E-state index >= 15 is 0 Å². The maximum Gasteiger partial charge on any atom is 0.334 e. The number of aliphatic hydroxyl groups excluding tert-OH is 2. The molecule has 4 aliphatic rings. The molecule has 2 unspecified atom stereocenters. The van der Waals surface area contributed by atoms with Gasteiger partial charge in [0.05, 0.1) is 30.1 Å². The third-order valence-corrected chi connectivity index (χ3v) is 7.48. The van der Waals surface area contributed by atoms with Gasteiger partial charge in [-0.25, -0.2) is 9.59 Å². The number of carbonyl (C=O) groups is 2. The van der Waals surface area contributed by atoms with E-state index in [0.717, 1.165) is 0 Å². The molecule has 2 heterocycles. The summed E-state index contributed by atoms with van der Waals surface area (Å²) < 4.78 is 17.0. The van der Waals surface area contributed by atoms with E-state index in [9.17, 15) is 19.8 Å². The number of aliphatic hydroxyl groups is 3.